The van der Waals surface area contributed by atoms with Gasteiger partial charge in [0.25, 0.3) is 0 Å². The smallest absolute Gasteiger partial charge is 0.129 e. The molecule has 0 N–H and O–H groups in total. The molecule has 1 nitrogen and oxygen atoms in total. The molecule has 0 spiro atoms. The van der Waals surface area contributed by atoms with Crippen LogP contribution in [0.3, 0.4) is 0 Å². The van der Waals surface area contributed by atoms with E-state index in [9.17, 15) is 0 Å². The van der Waals surface area contributed by atoms with Crippen molar-refractivity contribution in [3.63, 3.8) is 0 Å². The van der Waals surface area contributed by atoms with Gasteiger partial charge in [-0.25, -0.2) is 0 Å². The lowest BCUT2D eigenvalue weighted by atomic mass is 10.2. The molecular weight excluding hydrogens is 174 g/mol. The molecule has 0 heterocycles. The molecule has 0 rings (SSSR count). The van der Waals surface area contributed by atoms with Crippen molar-refractivity contribution < 1.29 is 0 Å². The van der Waals surface area contributed by atoms with Crippen molar-refractivity contribution in [2.45, 2.75) is 32.1 Å². The Bertz CT molecular complexity index is 214. The maximum absolute atomic E-state index is 3.80. The molecule has 0 bridgehead atoms. The Morgan fingerprint density at radius 2 is 1.92 bits per heavy atom. The van der Waals surface area contributed by atoms with Crippen molar-refractivity contribution in [3.05, 3.63) is 12.7 Å². The van der Waals surface area contributed by atoms with Crippen LogP contribution in [-0.2, 0) is 0 Å². The van der Waals surface area contributed by atoms with Crippen molar-refractivity contribution in [3.8, 4) is 11.5 Å². The summed E-state index contributed by atoms with van der Waals surface area (Å²) in [5.41, 5.74) is 3.36. The second-order valence-electron chi connectivity index (χ2n) is 4.52. The highest BCUT2D eigenvalue weighted by Crippen LogP contribution is 2.01. The average Bonchev–Trinajstić information content (AvgIpc) is 1.95. The van der Waals surface area contributed by atoms with E-state index in [4.69, 9.17) is 0 Å². The lowest BCUT2D eigenvalue weighted by Crippen LogP contribution is -2.25. The quantitative estimate of drug-likeness (QED) is 0.380. The van der Waals surface area contributed by atoms with Gasteiger partial charge < -0.3 is 4.90 Å². The monoisotopic (exact) mass is 195 g/mol. The molecule has 0 aliphatic heterocycles. The van der Waals surface area contributed by atoms with E-state index in [1.165, 1.54) is 0 Å². The highest BCUT2D eigenvalue weighted by molar-refractivity contribution is 6.83. The predicted molar refractivity (Wildman–Crippen MR) is 63.4 cm³/mol. The zero-order chi connectivity index (χ0) is 10.5. The van der Waals surface area contributed by atoms with Crippen LogP contribution in [0.5, 0.6) is 0 Å². The van der Waals surface area contributed by atoms with Crippen LogP contribution >= 0.6 is 0 Å². The summed E-state index contributed by atoms with van der Waals surface area (Å²) in [5, 5.41) is 0. The fourth-order valence-electron chi connectivity index (χ4n) is 0.897. The average molecular weight is 195 g/mol. The SMILES string of the molecule is C=CC(CC#C[Si](C)(C)C)N(C)C. The third kappa shape index (κ3) is 6.62. The van der Waals surface area contributed by atoms with Crippen LogP contribution in [0.2, 0.25) is 19.6 Å². The third-order valence-electron chi connectivity index (χ3n) is 1.71. The molecule has 0 aromatic carbocycles. The van der Waals surface area contributed by atoms with E-state index in [-0.39, 0.29) is 0 Å². The van der Waals surface area contributed by atoms with E-state index in [1.54, 1.807) is 0 Å². The normalized spacial score (nSPS) is 13.4. The molecule has 0 saturated carbocycles. The Hall–Kier alpha value is -0.523. The van der Waals surface area contributed by atoms with Crippen LogP contribution in [0.1, 0.15) is 6.42 Å². The van der Waals surface area contributed by atoms with Gasteiger partial charge in [-0.3, -0.25) is 0 Å². The molecular formula is C11H21NSi. The summed E-state index contributed by atoms with van der Waals surface area (Å²) in [6, 6.07) is 0.392. The highest BCUT2D eigenvalue weighted by Gasteiger charge is 2.08. The van der Waals surface area contributed by atoms with Crippen molar-refractivity contribution >= 4 is 8.07 Å². The summed E-state index contributed by atoms with van der Waals surface area (Å²) >= 11 is 0. The largest absolute Gasteiger partial charge is 0.302 e. The maximum Gasteiger partial charge on any atom is 0.129 e. The molecule has 0 fully saturated rings. The van der Waals surface area contributed by atoms with Gasteiger partial charge in [-0.15, -0.1) is 18.0 Å². The number of nitrogens with zero attached hydrogens (tertiary/aromatic N) is 1. The minimum Gasteiger partial charge on any atom is -0.302 e. The Kier molecular flexibility index (Phi) is 5.05. The summed E-state index contributed by atoms with van der Waals surface area (Å²) < 4.78 is 0. The third-order valence-corrected chi connectivity index (χ3v) is 2.64. The van der Waals surface area contributed by atoms with Gasteiger partial charge in [0.05, 0.1) is 0 Å². The molecule has 0 radical (unpaired) electrons. The molecule has 0 saturated heterocycles. The first kappa shape index (κ1) is 12.5. The van der Waals surface area contributed by atoms with Gasteiger partial charge in [-0.1, -0.05) is 25.7 Å². The first-order valence-corrected chi connectivity index (χ1v) is 8.16. The zero-order valence-corrected chi connectivity index (χ0v) is 10.5. The van der Waals surface area contributed by atoms with Gasteiger partial charge in [0.1, 0.15) is 8.07 Å². The van der Waals surface area contributed by atoms with Crippen LogP contribution < -0.4 is 0 Å². The number of rotatable bonds is 3. The standard InChI is InChI=1S/C11H21NSi/c1-7-11(12(2)3)9-8-10-13(4,5)6/h7,11H,1,9H2,2-6H3. The van der Waals surface area contributed by atoms with Crippen LogP contribution in [-0.4, -0.2) is 33.1 Å². The summed E-state index contributed by atoms with van der Waals surface area (Å²) in [4.78, 5) is 2.14. The van der Waals surface area contributed by atoms with Gasteiger partial charge in [0.15, 0.2) is 0 Å². The summed E-state index contributed by atoms with van der Waals surface area (Å²) in [6.07, 6.45) is 2.86. The Balaban J connectivity index is 4.11. The van der Waals surface area contributed by atoms with Crippen LogP contribution in [0.25, 0.3) is 0 Å². The lowest BCUT2D eigenvalue weighted by Gasteiger charge is -2.17. The summed E-state index contributed by atoms with van der Waals surface area (Å²) in [5.74, 6) is 3.26. The van der Waals surface area contributed by atoms with Crippen molar-refractivity contribution in [1.82, 2.24) is 4.90 Å². The van der Waals surface area contributed by atoms with E-state index in [1.807, 2.05) is 6.08 Å². The molecule has 1 atom stereocenters. The summed E-state index contributed by atoms with van der Waals surface area (Å²) in [6.45, 7) is 10.6. The Morgan fingerprint density at radius 1 is 1.38 bits per heavy atom. The van der Waals surface area contributed by atoms with E-state index in [2.05, 4.69) is 56.7 Å². The maximum atomic E-state index is 3.80. The minimum atomic E-state index is -1.19. The molecule has 13 heavy (non-hydrogen) atoms. The van der Waals surface area contributed by atoms with E-state index >= 15 is 0 Å². The number of hydrogen-bond acceptors (Lipinski definition) is 1. The number of likely N-dealkylation sites (N-methyl/N-ethyl adjacent to an activating group) is 1. The van der Waals surface area contributed by atoms with E-state index < -0.39 is 8.07 Å². The lowest BCUT2D eigenvalue weighted by molar-refractivity contribution is 0.348. The van der Waals surface area contributed by atoms with Crippen LogP contribution in [0.15, 0.2) is 12.7 Å². The highest BCUT2D eigenvalue weighted by atomic mass is 28.3. The molecule has 1 unspecified atom stereocenters. The summed E-state index contributed by atoms with van der Waals surface area (Å²) in [7, 11) is 2.93. The van der Waals surface area contributed by atoms with Gasteiger partial charge in [0, 0.05) is 12.5 Å². The molecule has 2 heteroatoms. The van der Waals surface area contributed by atoms with Gasteiger partial charge in [-0.05, 0) is 14.1 Å². The second-order valence-corrected chi connectivity index (χ2v) is 9.27. The van der Waals surface area contributed by atoms with Crippen LogP contribution in [0.4, 0.5) is 0 Å². The zero-order valence-electron chi connectivity index (χ0n) is 9.52. The van der Waals surface area contributed by atoms with Gasteiger partial charge in [0.2, 0.25) is 0 Å². The second kappa shape index (κ2) is 5.26. The number of hydrogen-bond donors (Lipinski definition) is 0. The van der Waals surface area contributed by atoms with Crippen LogP contribution in [0, 0.1) is 11.5 Å². The van der Waals surface area contributed by atoms with Crippen molar-refractivity contribution in [1.29, 1.82) is 0 Å². The fraction of sp³-hybridized carbons (Fsp3) is 0.636. The van der Waals surface area contributed by atoms with E-state index in [0.29, 0.717) is 6.04 Å². The molecule has 0 aliphatic carbocycles. The Morgan fingerprint density at radius 3 is 2.23 bits per heavy atom. The fourth-order valence-corrected chi connectivity index (χ4v) is 1.53. The van der Waals surface area contributed by atoms with E-state index in [0.717, 1.165) is 6.42 Å². The first-order valence-electron chi connectivity index (χ1n) is 4.66. The van der Waals surface area contributed by atoms with Gasteiger partial charge >= 0.3 is 0 Å². The molecule has 0 aromatic heterocycles. The topological polar surface area (TPSA) is 3.24 Å². The van der Waals surface area contributed by atoms with Gasteiger partial charge in [-0.2, -0.15) is 0 Å². The first-order chi connectivity index (χ1) is 5.87. The predicted octanol–water partition coefficient (Wildman–Crippen LogP) is 2.37. The molecule has 0 amide bonds. The van der Waals surface area contributed by atoms with Crippen molar-refractivity contribution in [2.75, 3.05) is 14.1 Å². The molecule has 0 aliphatic rings. The minimum absolute atomic E-state index is 0.392. The molecule has 74 valence electrons. The van der Waals surface area contributed by atoms with Crippen molar-refractivity contribution in [2.24, 2.45) is 0 Å². The molecule has 0 aromatic rings. The Labute approximate surface area is 83.8 Å².